The van der Waals surface area contributed by atoms with Crippen molar-refractivity contribution in [1.29, 1.82) is 0 Å². The molecule has 0 radical (unpaired) electrons. The second kappa shape index (κ2) is 10.1. The Kier molecular flexibility index (Phi) is 5.98. The van der Waals surface area contributed by atoms with Crippen molar-refractivity contribution in [3.05, 3.63) is 121 Å². The number of hydrogen-bond acceptors (Lipinski definition) is 6. The van der Waals surface area contributed by atoms with Gasteiger partial charge in [0.15, 0.2) is 0 Å². The smallest absolute Gasteiger partial charge is 0.126 e. The van der Waals surface area contributed by atoms with E-state index in [9.17, 15) is 5.11 Å². The Hall–Kier alpha value is -5.76. The van der Waals surface area contributed by atoms with Gasteiger partial charge in [0.05, 0.1) is 18.5 Å². The zero-order chi connectivity index (χ0) is 27.8. The van der Waals surface area contributed by atoms with Gasteiger partial charge in [0.1, 0.15) is 33.6 Å². The first-order valence-corrected chi connectivity index (χ1v) is 13.1. The highest BCUT2D eigenvalue weighted by atomic mass is 16.5. The van der Waals surface area contributed by atoms with Gasteiger partial charge in [-0.05, 0) is 48.5 Å². The second-order valence-corrected chi connectivity index (χ2v) is 9.44. The van der Waals surface area contributed by atoms with Crippen molar-refractivity contribution in [1.82, 2.24) is 30.0 Å². The van der Waals surface area contributed by atoms with Crippen LogP contribution >= 0.6 is 0 Å². The third kappa shape index (κ3) is 4.37. The standard InChI is InChI=1S/C17H13N3O.C16H11N3O/c1-21-17-11-10-16(12-6-2-3-7-13(12)17)20-18-14-8-4-5-9-15(14)19-20;20-16-10-9-15(11-5-1-2-6-12(11)16)19-17-13-7-3-4-8-14(13)18-19/h2-11H,1H3;1-10,20H. The molecule has 0 spiro atoms. The average Bonchev–Trinajstić information content (AvgIpc) is 3.66. The van der Waals surface area contributed by atoms with Crippen molar-refractivity contribution in [2.45, 2.75) is 0 Å². The maximum atomic E-state index is 9.93. The Labute approximate surface area is 234 Å². The van der Waals surface area contributed by atoms with Crippen LogP contribution in [-0.2, 0) is 0 Å². The molecule has 0 aliphatic carbocycles. The molecule has 8 rings (SSSR count). The van der Waals surface area contributed by atoms with E-state index in [-0.39, 0.29) is 5.75 Å². The number of phenols is 1. The lowest BCUT2D eigenvalue weighted by atomic mass is 10.1. The molecule has 2 aromatic heterocycles. The van der Waals surface area contributed by atoms with Gasteiger partial charge in [0.25, 0.3) is 0 Å². The molecule has 0 unspecified atom stereocenters. The topological polar surface area (TPSA) is 90.9 Å². The summed E-state index contributed by atoms with van der Waals surface area (Å²) in [6, 6.07) is 38.8. The van der Waals surface area contributed by atoms with Gasteiger partial charge in [-0.25, -0.2) is 0 Å². The number of methoxy groups -OCH3 is 1. The first kappa shape index (κ1) is 24.3. The maximum absolute atomic E-state index is 9.93. The van der Waals surface area contributed by atoms with Crippen LogP contribution in [0.25, 0.3) is 55.0 Å². The molecule has 8 heteroatoms. The van der Waals surface area contributed by atoms with Crippen LogP contribution in [0.1, 0.15) is 0 Å². The average molecular weight is 537 g/mol. The van der Waals surface area contributed by atoms with Crippen molar-refractivity contribution in [3.63, 3.8) is 0 Å². The van der Waals surface area contributed by atoms with Crippen LogP contribution in [0.5, 0.6) is 11.5 Å². The van der Waals surface area contributed by atoms with Gasteiger partial charge in [0.2, 0.25) is 0 Å². The molecule has 0 saturated heterocycles. The lowest BCUT2D eigenvalue weighted by Crippen LogP contribution is -2.00. The second-order valence-electron chi connectivity index (χ2n) is 9.44. The van der Waals surface area contributed by atoms with Crippen molar-refractivity contribution in [3.8, 4) is 22.9 Å². The van der Waals surface area contributed by atoms with Crippen LogP contribution in [0.3, 0.4) is 0 Å². The Balaban J connectivity index is 0.000000135. The van der Waals surface area contributed by atoms with Crippen LogP contribution in [0.15, 0.2) is 121 Å². The van der Waals surface area contributed by atoms with Crippen LogP contribution in [0.2, 0.25) is 0 Å². The third-order valence-corrected chi connectivity index (χ3v) is 6.96. The molecule has 2 heterocycles. The van der Waals surface area contributed by atoms with Crippen molar-refractivity contribution < 1.29 is 9.84 Å². The van der Waals surface area contributed by atoms with E-state index in [1.807, 2.05) is 109 Å². The normalized spacial score (nSPS) is 11.1. The summed E-state index contributed by atoms with van der Waals surface area (Å²) < 4.78 is 5.43. The van der Waals surface area contributed by atoms with Gasteiger partial charge in [0, 0.05) is 21.5 Å². The first-order chi connectivity index (χ1) is 20.2. The lowest BCUT2D eigenvalue weighted by Gasteiger charge is -2.09. The highest BCUT2D eigenvalue weighted by Gasteiger charge is 2.11. The summed E-state index contributed by atoms with van der Waals surface area (Å²) in [4.78, 5) is 3.30. The molecule has 1 N–H and O–H groups in total. The van der Waals surface area contributed by atoms with Gasteiger partial charge in [-0.15, -0.1) is 30.0 Å². The molecular weight excluding hydrogens is 512 g/mol. The van der Waals surface area contributed by atoms with Gasteiger partial charge in [-0.2, -0.15) is 0 Å². The van der Waals surface area contributed by atoms with Crippen LogP contribution in [-0.4, -0.2) is 42.2 Å². The molecule has 0 saturated carbocycles. The Morgan fingerprint density at radius 2 is 0.854 bits per heavy atom. The first-order valence-electron chi connectivity index (χ1n) is 13.1. The molecule has 8 nitrogen and oxygen atoms in total. The number of hydrogen-bond donors (Lipinski definition) is 1. The predicted molar refractivity (Wildman–Crippen MR) is 161 cm³/mol. The van der Waals surface area contributed by atoms with Crippen molar-refractivity contribution in [2.75, 3.05) is 7.11 Å². The number of aromatic hydroxyl groups is 1. The molecule has 0 atom stereocenters. The number of fused-ring (bicyclic) bond motifs is 4. The molecule has 41 heavy (non-hydrogen) atoms. The molecule has 0 amide bonds. The molecule has 0 bridgehead atoms. The van der Waals surface area contributed by atoms with E-state index in [1.165, 1.54) is 0 Å². The van der Waals surface area contributed by atoms with Crippen molar-refractivity contribution >= 4 is 43.6 Å². The summed E-state index contributed by atoms with van der Waals surface area (Å²) in [5.74, 6) is 1.12. The summed E-state index contributed by atoms with van der Waals surface area (Å²) in [5.41, 5.74) is 5.28. The molecule has 0 aliphatic rings. The van der Waals surface area contributed by atoms with Crippen molar-refractivity contribution in [2.24, 2.45) is 0 Å². The Morgan fingerprint density at radius 3 is 1.34 bits per heavy atom. The third-order valence-electron chi connectivity index (χ3n) is 6.96. The minimum atomic E-state index is 0.265. The molecule has 0 aliphatic heterocycles. The zero-order valence-corrected chi connectivity index (χ0v) is 22.1. The zero-order valence-electron chi connectivity index (χ0n) is 22.1. The molecule has 198 valence electrons. The summed E-state index contributed by atoms with van der Waals surface area (Å²) in [6.07, 6.45) is 0. The highest BCUT2D eigenvalue weighted by Crippen LogP contribution is 2.31. The Morgan fingerprint density at radius 1 is 0.463 bits per heavy atom. The van der Waals surface area contributed by atoms with E-state index in [0.717, 1.165) is 60.7 Å². The summed E-state index contributed by atoms with van der Waals surface area (Å²) in [5, 5.41) is 31.9. The van der Waals surface area contributed by atoms with Crippen LogP contribution in [0, 0.1) is 0 Å². The molecule has 8 aromatic rings. The number of rotatable bonds is 3. The van der Waals surface area contributed by atoms with Gasteiger partial charge in [-0.3, -0.25) is 0 Å². The lowest BCUT2D eigenvalue weighted by molar-refractivity contribution is 0.419. The summed E-state index contributed by atoms with van der Waals surface area (Å²) in [7, 11) is 1.68. The fourth-order valence-corrected chi connectivity index (χ4v) is 4.98. The monoisotopic (exact) mass is 536 g/mol. The number of aromatic nitrogens is 6. The minimum absolute atomic E-state index is 0.265. The van der Waals surface area contributed by atoms with E-state index < -0.39 is 0 Å². The SMILES string of the molecule is COc1ccc(-n2nc3ccccc3n2)c2ccccc12.Oc1ccc(-n2nc3ccccc3n2)c2ccccc12. The molecular formula is C33H24N6O2. The quantitative estimate of drug-likeness (QED) is 0.265. The van der Waals surface area contributed by atoms with Gasteiger partial charge >= 0.3 is 0 Å². The largest absolute Gasteiger partial charge is 0.507 e. The summed E-state index contributed by atoms with van der Waals surface area (Å²) >= 11 is 0. The van der Waals surface area contributed by atoms with E-state index in [4.69, 9.17) is 4.74 Å². The predicted octanol–water partition coefficient (Wildman–Crippen LogP) is 6.86. The molecule has 0 fully saturated rings. The maximum Gasteiger partial charge on any atom is 0.126 e. The highest BCUT2D eigenvalue weighted by molar-refractivity contribution is 5.95. The molecule has 6 aromatic carbocycles. The summed E-state index contributed by atoms with van der Waals surface area (Å²) in [6.45, 7) is 0. The fourth-order valence-electron chi connectivity index (χ4n) is 4.98. The van der Waals surface area contributed by atoms with E-state index in [1.54, 1.807) is 22.8 Å². The van der Waals surface area contributed by atoms with E-state index in [2.05, 4.69) is 26.5 Å². The fraction of sp³-hybridized carbons (Fsp3) is 0.0303. The van der Waals surface area contributed by atoms with Crippen LogP contribution in [0.4, 0.5) is 0 Å². The van der Waals surface area contributed by atoms with Gasteiger partial charge in [-0.1, -0.05) is 72.8 Å². The Bertz CT molecular complexity index is 2120. The van der Waals surface area contributed by atoms with Crippen LogP contribution < -0.4 is 4.74 Å². The number of nitrogens with zero attached hydrogens (tertiary/aromatic N) is 6. The van der Waals surface area contributed by atoms with E-state index in [0.29, 0.717) is 0 Å². The number of benzene rings is 6. The van der Waals surface area contributed by atoms with E-state index >= 15 is 0 Å². The minimum Gasteiger partial charge on any atom is -0.507 e. The number of ether oxygens (including phenoxy) is 1. The van der Waals surface area contributed by atoms with Gasteiger partial charge < -0.3 is 9.84 Å². The number of phenolic OH excluding ortho intramolecular Hbond substituents is 1.